The molecule has 1 fully saturated rings. The highest BCUT2D eigenvalue weighted by Crippen LogP contribution is 2.39. The molecule has 0 radical (unpaired) electrons. The Balaban J connectivity index is 1.41. The van der Waals surface area contributed by atoms with E-state index in [1.165, 1.54) is 6.07 Å². The fraction of sp³-hybridized carbons (Fsp3) is 0.292. The van der Waals surface area contributed by atoms with Gasteiger partial charge in [-0.2, -0.15) is 0 Å². The molecule has 1 atom stereocenters. The Morgan fingerprint density at radius 3 is 2.91 bits per heavy atom. The molecule has 4 heterocycles. The first-order valence-electron chi connectivity index (χ1n) is 10.9. The topological polar surface area (TPSA) is 84.6 Å². The highest BCUT2D eigenvalue weighted by molar-refractivity contribution is 7.18. The highest BCUT2D eigenvalue weighted by Gasteiger charge is 2.32. The van der Waals surface area contributed by atoms with Crippen LogP contribution in [0.5, 0.6) is 0 Å². The van der Waals surface area contributed by atoms with Gasteiger partial charge in [0.05, 0.1) is 44.7 Å². The van der Waals surface area contributed by atoms with Gasteiger partial charge in [0.2, 0.25) is 0 Å². The molecule has 7 nitrogen and oxygen atoms in total. The minimum absolute atomic E-state index is 0.0254. The Kier molecular flexibility index (Phi) is 4.53. The monoisotopic (exact) mass is 463 g/mol. The number of ether oxygens (including phenoxy) is 1. The predicted octanol–water partition coefficient (Wildman–Crippen LogP) is 4.73. The second kappa shape index (κ2) is 7.36. The lowest BCUT2D eigenvalue weighted by Gasteiger charge is -2.30. The van der Waals surface area contributed by atoms with Gasteiger partial charge in [-0.15, -0.1) is 11.3 Å². The standard InChI is InChI=1S/C24H22FN5O2S/c1-12-22-17(11-32-12)15-9-16(18(25)10-20(15)28-23(22)26)24(31)30-7-3-6-29(30)14-4-5-19-21(8-14)33-13(2)27-19/h4-5,8-10,12H,3,6-7,11H2,1-2H3,(H2,26,28)/t12-/m1/s1. The molecule has 0 saturated carbocycles. The van der Waals surface area contributed by atoms with E-state index in [2.05, 4.69) is 9.97 Å². The van der Waals surface area contributed by atoms with Gasteiger partial charge in [-0.05, 0) is 50.1 Å². The van der Waals surface area contributed by atoms with Crippen LogP contribution in [0, 0.1) is 12.7 Å². The zero-order valence-corrected chi connectivity index (χ0v) is 19.1. The van der Waals surface area contributed by atoms with Gasteiger partial charge in [0.25, 0.3) is 5.91 Å². The Hall–Kier alpha value is -3.30. The fourth-order valence-corrected chi connectivity index (χ4v) is 5.73. The second-order valence-electron chi connectivity index (χ2n) is 8.48. The number of hydrogen-bond acceptors (Lipinski definition) is 7. The number of amides is 1. The third kappa shape index (κ3) is 3.14. The van der Waals surface area contributed by atoms with Crippen LogP contribution in [0.1, 0.15) is 45.9 Å². The molecule has 2 N–H and O–H groups in total. The third-order valence-electron chi connectivity index (χ3n) is 6.41. The number of halogens is 1. The van der Waals surface area contributed by atoms with E-state index >= 15 is 4.39 Å². The van der Waals surface area contributed by atoms with Crippen molar-refractivity contribution < 1.29 is 13.9 Å². The average molecular weight is 464 g/mol. The number of aromatic nitrogens is 2. The minimum Gasteiger partial charge on any atom is -0.383 e. The van der Waals surface area contributed by atoms with E-state index in [0.29, 0.717) is 36.4 Å². The van der Waals surface area contributed by atoms with Gasteiger partial charge in [0, 0.05) is 30.1 Å². The number of hydrazine groups is 1. The molecule has 6 rings (SSSR count). The van der Waals surface area contributed by atoms with Crippen LogP contribution in [0.15, 0.2) is 30.3 Å². The summed E-state index contributed by atoms with van der Waals surface area (Å²) < 4.78 is 21.9. The van der Waals surface area contributed by atoms with E-state index in [9.17, 15) is 4.79 Å². The van der Waals surface area contributed by atoms with Crippen molar-refractivity contribution in [2.45, 2.75) is 33.0 Å². The van der Waals surface area contributed by atoms with Crippen LogP contribution >= 0.6 is 11.3 Å². The van der Waals surface area contributed by atoms with Crippen molar-refractivity contribution in [1.29, 1.82) is 0 Å². The number of nitrogens with zero attached hydrogens (tertiary/aromatic N) is 4. The second-order valence-corrected chi connectivity index (χ2v) is 9.72. The van der Waals surface area contributed by atoms with Gasteiger partial charge < -0.3 is 10.5 Å². The first-order chi connectivity index (χ1) is 15.9. The number of aryl methyl sites for hydroxylation is 1. The maximum absolute atomic E-state index is 15.1. The lowest BCUT2D eigenvalue weighted by Crippen LogP contribution is -2.41. The number of fused-ring (bicyclic) bond motifs is 4. The number of rotatable bonds is 2. The largest absolute Gasteiger partial charge is 0.383 e. The van der Waals surface area contributed by atoms with Gasteiger partial charge >= 0.3 is 0 Å². The molecule has 1 amide bonds. The Labute approximate surface area is 193 Å². The molecule has 0 spiro atoms. The maximum atomic E-state index is 15.1. The van der Waals surface area contributed by atoms with E-state index in [1.807, 2.05) is 37.1 Å². The molecule has 4 aromatic rings. The molecular formula is C24H22FN5O2S. The van der Waals surface area contributed by atoms with Gasteiger partial charge in [-0.3, -0.25) is 9.80 Å². The molecule has 9 heteroatoms. The van der Waals surface area contributed by atoms with Crippen molar-refractivity contribution in [2.75, 3.05) is 23.8 Å². The van der Waals surface area contributed by atoms with Crippen LogP contribution in [-0.2, 0) is 11.3 Å². The average Bonchev–Trinajstić information content (AvgIpc) is 3.50. The van der Waals surface area contributed by atoms with Crippen LogP contribution in [0.3, 0.4) is 0 Å². The summed E-state index contributed by atoms with van der Waals surface area (Å²) in [5, 5.41) is 5.26. The van der Waals surface area contributed by atoms with E-state index in [4.69, 9.17) is 10.5 Å². The molecule has 0 aliphatic carbocycles. The van der Waals surface area contributed by atoms with Crippen LogP contribution in [0.4, 0.5) is 15.9 Å². The summed E-state index contributed by atoms with van der Waals surface area (Å²) in [4.78, 5) is 22.4. The number of nitrogens with two attached hydrogens (primary N) is 1. The number of hydrogen-bond donors (Lipinski definition) is 1. The van der Waals surface area contributed by atoms with Crippen molar-refractivity contribution in [3.8, 4) is 0 Å². The highest BCUT2D eigenvalue weighted by atomic mass is 32.1. The van der Waals surface area contributed by atoms with Crippen LogP contribution in [-0.4, -0.2) is 34.0 Å². The number of carbonyl (C=O) groups is 1. The SMILES string of the molecule is Cc1nc2ccc(N3CCCN3C(=O)c3cc4c5c(c(N)nc4cc3F)[C@@H](C)OC5)cc2s1. The van der Waals surface area contributed by atoms with Gasteiger partial charge in [0.1, 0.15) is 11.6 Å². The summed E-state index contributed by atoms with van der Waals surface area (Å²) in [7, 11) is 0. The number of benzene rings is 2. The van der Waals surface area contributed by atoms with Gasteiger partial charge in [-0.25, -0.2) is 19.4 Å². The van der Waals surface area contributed by atoms with Gasteiger partial charge in [0.15, 0.2) is 0 Å². The van der Waals surface area contributed by atoms with E-state index < -0.39 is 5.82 Å². The summed E-state index contributed by atoms with van der Waals surface area (Å²) in [5.74, 6) is -0.628. The quantitative estimate of drug-likeness (QED) is 0.463. The molecule has 2 aliphatic heterocycles. The smallest absolute Gasteiger partial charge is 0.275 e. The number of anilines is 2. The van der Waals surface area contributed by atoms with E-state index in [1.54, 1.807) is 22.4 Å². The maximum Gasteiger partial charge on any atom is 0.275 e. The van der Waals surface area contributed by atoms with Crippen molar-refractivity contribution >= 4 is 49.9 Å². The Morgan fingerprint density at radius 2 is 2.06 bits per heavy atom. The minimum atomic E-state index is -0.605. The van der Waals surface area contributed by atoms with Crippen molar-refractivity contribution in [3.63, 3.8) is 0 Å². The molecule has 0 bridgehead atoms. The number of pyridine rings is 1. The fourth-order valence-electron chi connectivity index (χ4n) is 4.87. The summed E-state index contributed by atoms with van der Waals surface area (Å²) in [6.45, 7) is 5.46. The summed E-state index contributed by atoms with van der Waals surface area (Å²) in [6, 6.07) is 8.87. The molecule has 0 unspecified atom stereocenters. The zero-order chi connectivity index (χ0) is 22.9. The molecule has 1 saturated heterocycles. The molecule has 2 aliphatic rings. The summed E-state index contributed by atoms with van der Waals surface area (Å²) in [6.07, 6.45) is 0.625. The number of carbonyl (C=O) groups excluding carboxylic acids is 1. The van der Waals surface area contributed by atoms with E-state index in [0.717, 1.165) is 38.5 Å². The first kappa shape index (κ1) is 20.3. The van der Waals surface area contributed by atoms with Crippen molar-refractivity contribution in [3.05, 3.63) is 57.8 Å². The predicted molar refractivity (Wildman–Crippen MR) is 127 cm³/mol. The Bertz CT molecular complexity index is 1450. The van der Waals surface area contributed by atoms with Crippen molar-refractivity contribution in [2.24, 2.45) is 0 Å². The molecule has 33 heavy (non-hydrogen) atoms. The Morgan fingerprint density at radius 1 is 1.21 bits per heavy atom. The summed E-state index contributed by atoms with van der Waals surface area (Å²) in [5.41, 5.74) is 10.1. The van der Waals surface area contributed by atoms with Gasteiger partial charge in [-0.1, -0.05) is 0 Å². The number of thiazole rings is 1. The number of nitrogen functional groups attached to an aromatic ring is 1. The molecule has 2 aromatic heterocycles. The van der Waals surface area contributed by atoms with Crippen LogP contribution in [0.2, 0.25) is 0 Å². The van der Waals surface area contributed by atoms with E-state index in [-0.39, 0.29) is 17.6 Å². The molecular weight excluding hydrogens is 441 g/mol. The molecule has 168 valence electrons. The lowest BCUT2D eigenvalue weighted by molar-refractivity contribution is 0.0771. The normalized spacial score (nSPS) is 18.0. The molecule has 2 aromatic carbocycles. The summed E-state index contributed by atoms with van der Waals surface area (Å²) >= 11 is 1.62. The third-order valence-corrected chi connectivity index (χ3v) is 7.34. The first-order valence-corrected chi connectivity index (χ1v) is 11.7. The van der Waals surface area contributed by atoms with Crippen LogP contribution < -0.4 is 10.7 Å². The lowest BCUT2D eigenvalue weighted by atomic mass is 9.99. The van der Waals surface area contributed by atoms with Crippen molar-refractivity contribution in [1.82, 2.24) is 15.0 Å². The zero-order valence-electron chi connectivity index (χ0n) is 18.3. The van der Waals surface area contributed by atoms with Crippen LogP contribution in [0.25, 0.3) is 21.1 Å².